The fraction of sp³-hybridized carbons (Fsp3) is 0.714. The summed E-state index contributed by atoms with van der Waals surface area (Å²) in [5.74, 6) is 2.01. The van der Waals surface area contributed by atoms with E-state index in [-0.39, 0.29) is 0 Å². The van der Waals surface area contributed by atoms with Crippen LogP contribution in [0.5, 0.6) is 0 Å². The molecule has 4 nitrogen and oxygen atoms in total. The normalized spacial score (nSPS) is 17.2. The molecule has 0 atom stereocenters. The predicted molar refractivity (Wildman–Crippen MR) is 77.9 cm³/mol. The number of anilines is 1. The first-order valence-corrected chi connectivity index (χ1v) is 7.25. The molecule has 0 bridgehead atoms. The molecule has 0 unspecified atom stereocenters. The van der Waals surface area contributed by atoms with Crippen LogP contribution < -0.4 is 4.90 Å². The molecule has 1 aliphatic rings. The first-order valence-electron chi connectivity index (χ1n) is 6.87. The Morgan fingerprint density at radius 2 is 2.05 bits per heavy atom. The molecule has 2 heterocycles. The quantitative estimate of drug-likeness (QED) is 0.796. The Bertz CT molecular complexity index is 417. The van der Waals surface area contributed by atoms with Crippen molar-refractivity contribution in [1.29, 1.82) is 0 Å². The van der Waals surface area contributed by atoms with Crippen LogP contribution in [0.1, 0.15) is 38.2 Å². The van der Waals surface area contributed by atoms with E-state index in [2.05, 4.69) is 28.7 Å². The third kappa shape index (κ3) is 3.37. The highest BCUT2D eigenvalue weighted by molar-refractivity contribution is 6.30. The zero-order chi connectivity index (χ0) is 13.8. The lowest BCUT2D eigenvalue weighted by atomic mass is 9.96. The maximum atomic E-state index is 6.22. The average molecular weight is 284 g/mol. The van der Waals surface area contributed by atoms with Gasteiger partial charge in [-0.25, -0.2) is 9.97 Å². The molecular weight excluding hydrogens is 262 g/mol. The second-order valence-corrected chi connectivity index (χ2v) is 5.80. The Kier molecular flexibility index (Phi) is 4.99. The Labute approximate surface area is 120 Å². The first-order chi connectivity index (χ1) is 9.13. The highest BCUT2D eigenvalue weighted by Crippen LogP contribution is 2.32. The SMILES string of the molecule is COCC1CCN(c2ncnc(Cl)c2C(C)C)CC1. The van der Waals surface area contributed by atoms with Crippen molar-refractivity contribution in [3.8, 4) is 0 Å². The molecule has 1 aliphatic heterocycles. The summed E-state index contributed by atoms with van der Waals surface area (Å²) in [5, 5.41) is 0.582. The topological polar surface area (TPSA) is 38.2 Å². The van der Waals surface area contributed by atoms with Gasteiger partial charge in [0.05, 0.1) is 0 Å². The monoisotopic (exact) mass is 283 g/mol. The smallest absolute Gasteiger partial charge is 0.138 e. The highest BCUT2D eigenvalue weighted by Gasteiger charge is 2.24. The van der Waals surface area contributed by atoms with Crippen LogP contribution in [0.15, 0.2) is 6.33 Å². The number of nitrogens with zero attached hydrogens (tertiary/aromatic N) is 3. The number of rotatable bonds is 4. The Morgan fingerprint density at radius 1 is 1.37 bits per heavy atom. The van der Waals surface area contributed by atoms with Crippen LogP contribution in [0, 0.1) is 5.92 Å². The molecule has 5 heteroatoms. The maximum absolute atomic E-state index is 6.22. The lowest BCUT2D eigenvalue weighted by Crippen LogP contribution is -2.36. The Balaban J connectivity index is 2.13. The molecule has 1 fully saturated rings. The second-order valence-electron chi connectivity index (χ2n) is 5.44. The lowest BCUT2D eigenvalue weighted by Gasteiger charge is -2.34. The number of hydrogen-bond donors (Lipinski definition) is 0. The third-order valence-electron chi connectivity index (χ3n) is 3.71. The van der Waals surface area contributed by atoms with Crippen molar-refractivity contribution in [3.05, 3.63) is 17.0 Å². The molecular formula is C14H22ClN3O. The number of piperidine rings is 1. The second kappa shape index (κ2) is 6.53. The van der Waals surface area contributed by atoms with Crippen LogP contribution in [0.25, 0.3) is 0 Å². The van der Waals surface area contributed by atoms with Gasteiger partial charge in [-0.05, 0) is 24.7 Å². The van der Waals surface area contributed by atoms with Gasteiger partial charge in [0.15, 0.2) is 0 Å². The molecule has 0 aliphatic carbocycles. The van der Waals surface area contributed by atoms with Crippen LogP contribution in [0.4, 0.5) is 5.82 Å². The van der Waals surface area contributed by atoms with Gasteiger partial charge in [0, 0.05) is 32.4 Å². The summed E-state index contributed by atoms with van der Waals surface area (Å²) in [6, 6.07) is 0. The minimum Gasteiger partial charge on any atom is -0.384 e. The summed E-state index contributed by atoms with van der Waals surface area (Å²) in [5.41, 5.74) is 1.06. The van der Waals surface area contributed by atoms with Gasteiger partial charge in [-0.1, -0.05) is 25.4 Å². The lowest BCUT2D eigenvalue weighted by molar-refractivity contribution is 0.139. The van der Waals surface area contributed by atoms with Gasteiger partial charge in [-0.15, -0.1) is 0 Å². The van der Waals surface area contributed by atoms with E-state index in [1.807, 2.05) is 0 Å². The molecule has 19 heavy (non-hydrogen) atoms. The van der Waals surface area contributed by atoms with Crippen molar-refractivity contribution in [1.82, 2.24) is 9.97 Å². The van der Waals surface area contributed by atoms with E-state index in [0.717, 1.165) is 43.9 Å². The van der Waals surface area contributed by atoms with Gasteiger partial charge in [-0.3, -0.25) is 0 Å². The standard InChI is InChI=1S/C14H22ClN3O/c1-10(2)12-13(15)16-9-17-14(12)18-6-4-11(5-7-18)8-19-3/h9-11H,4-8H2,1-3H3. The molecule has 0 aromatic carbocycles. The fourth-order valence-corrected chi connectivity index (χ4v) is 3.01. The summed E-state index contributed by atoms with van der Waals surface area (Å²) in [7, 11) is 1.77. The van der Waals surface area contributed by atoms with E-state index in [9.17, 15) is 0 Å². The van der Waals surface area contributed by atoms with Crippen molar-refractivity contribution < 1.29 is 4.74 Å². The molecule has 0 N–H and O–H groups in total. The van der Waals surface area contributed by atoms with E-state index >= 15 is 0 Å². The van der Waals surface area contributed by atoms with Crippen molar-refractivity contribution in [2.75, 3.05) is 31.7 Å². The summed E-state index contributed by atoms with van der Waals surface area (Å²) < 4.78 is 5.24. The van der Waals surface area contributed by atoms with E-state index in [4.69, 9.17) is 16.3 Å². The minimum atomic E-state index is 0.334. The Morgan fingerprint density at radius 3 is 2.63 bits per heavy atom. The predicted octanol–water partition coefficient (Wildman–Crippen LogP) is 3.12. The molecule has 0 amide bonds. The number of hydrogen-bond acceptors (Lipinski definition) is 4. The van der Waals surface area contributed by atoms with E-state index in [0.29, 0.717) is 17.0 Å². The number of halogens is 1. The molecule has 2 rings (SSSR count). The average Bonchev–Trinajstić information content (AvgIpc) is 2.39. The molecule has 1 aromatic heterocycles. The molecule has 106 valence electrons. The summed E-state index contributed by atoms with van der Waals surface area (Å²) in [6.45, 7) is 7.15. The van der Waals surface area contributed by atoms with Gasteiger partial charge in [0.25, 0.3) is 0 Å². The van der Waals surface area contributed by atoms with Gasteiger partial charge >= 0.3 is 0 Å². The molecule has 0 radical (unpaired) electrons. The van der Waals surface area contributed by atoms with Crippen molar-refractivity contribution in [3.63, 3.8) is 0 Å². The van der Waals surface area contributed by atoms with Crippen LogP contribution in [-0.4, -0.2) is 36.8 Å². The van der Waals surface area contributed by atoms with Crippen LogP contribution >= 0.6 is 11.6 Å². The number of methoxy groups -OCH3 is 1. The van der Waals surface area contributed by atoms with Crippen molar-refractivity contribution in [2.24, 2.45) is 5.92 Å². The zero-order valence-corrected chi connectivity index (χ0v) is 12.7. The largest absolute Gasteiger partial charge is 0.384 e. The Hall–Kier alpha value is -0.870. The van der Waals surface area contributed by atoms with E-state index in [1.54, 1.807) is 13.4 Å². The summed E-state index contributed by atoms with van der Waals surface area (Å²) in [6.07, 6.45) is 3.85. The number of aromatic nitrogens is 2. The van der Waals surface area contributed by atoms with E-state index in [1.165, 1.54) is 0 Å². The maximum Gasteiger partial charge on any atom is 0.138 e. The van der Waals surface area contributed by atoms with Crippen molar-refractivity contribution in [2.45, 2.75) is 32.6 Å². The number of ether oxygens (including phenoxy) is 1. The van der Waals surface area contributed by atoms with Crippen molar-refractivity contribution >= 4 is 17.4 Å². The zero-order valence-electron chi connectivity index (χ0n) is 11.9. The van der Waals surface area contributed by atoms with Gasteiger partial charge < -0.3 is 9.64 Å². The third-order valence-corrected chi connectivity index (χ3v) is 4.01. The molecule has 0 spiro atoms. The van der Waals surface area contributed by atoms with Gasteiger partial charge in [0.2, 0.25) is 0 Å². The highest BCUT2D eigenvalue weighted by atomic mass is 35.5. The molecule has 1 saturated heterocycles. The van der Waals surface area contributed by atoms with Gasteiger partial charge in [-0.2, -0.15) is 0 Å². The minimum absolute atomic E-state index is 0.334. The summed E-state index contributed by atoms with van der Waals surface area (Å²) in [4.78, 5) is 10.9. The van der Waals surface area contributed by atoms with Crippen LogP contribution in [0.3, 0.4) is 0 Å². The van der Waals surface area contributed by atoms with Gasteiger partial charge in [0.1, 0.15) is 17.3 Å². The fourth-order valence-electron chi connectivity index (χ4n) is 2.66. The van der Waals surface area contributed by atoms with Crippen LogP contribution in [-0.2, 0) is 4.74 Å². The molecule has 1 aromatic rings. The van der Waals surface area contributed by atoms with E-state index < -0.39 is 0 Å². The first kappa shape index (κ1) is 14.5. The van der Waals surface area contributed by atoms with Crippen LogP contribution in [0.2, 0.25) is 5.15 Å². The summed E-state index contributed by atoms with van der Waals surface area (Å²) >= 11 is 6.22. The molecule has 0 saturated carbocycles.